The normalized spacial score (nSPS) is 19.9. The van der Waals surface area contributed by atoms with Crippen LogP contribution in [0.5, 0.6) is 6.01 Å². The molecule has 3 aliphatic rings. The van der Waals surface area contributed by atoms with Crippen LogP contribution in [-0.2, 0) is 28.7 Å². The average molecular weight is 684 g/mol. The maximum Gasteiger partial charge on any atom is 0.490 e. The molecule has 260 valence electrons. The average Bonchev–Trinajstić information content (AvgIpc) is 3.46. The number of fused-ring (bicyclic) bond motifs is 1. The van der Waals surface area contributed by atoms with E-state index in [2.05, 4.69) is 24.6 Å². The monoisotopic (exact) mass is 683 g/mol. The Morgan fingerprint density at radius 3 is 2.40 bits per heavy atom. The second-order valence-corrected chi connectivity index (χ2v) is 11.5. The summed E-state index contributed by atoms with van der Waals surface area (Å²) in [7, 11) is 2.05. The number of carboxylic acids is 1. The molecule has 1 aromatic heterocycles. The van der Waals surface area contributed by atoms with Crippen LogP contribution in [0.25, 0.3) is 0 Å². The van der Waals surface area contributed by atoms with Gasteiger partial charge in [-0.1, -0.05) is 18.7 Å². The maximum atomic E-state index is 13.8. The molecule has 4 heterocycles. The number of aromatic nitrogens is 2. The van der Waals surface area contributed by atoms with Gasteiger partial charge in [0.15, 0.2) is 0 Å². The Kier molecular flexibility index (Phi) is 11.4. The number of halogens is 6. The second kappa shape index (κ2) is 15.1. The number of alkyl halides is 6. The molecule has 1 aromatic carbocycles. The van der Waals surface area contributed by atoms with Crippen molar-refractivity contribution in [1.82, 2.24) is 19.8 Å². The van der Waals surface area contributed by atoms with Crippen LogP contribution in [0.4, 0.5) is 37.8 Å². The molecular formula is C31H35F6N7O4. The molecule has 0 bridgehead atoms. The van der Waals surface area contributed by atoms with Gasteiger partial charge in [-0.15, -0.1) is 0 Å². The number of hydrogen-bond donors (Lipinski definition) is 1. The van der Waals surface area contributed by atoms with Crippen molar-refractivity contribution in [2.45, 2.75) is 56.7 Å². The van der Waals surface area contributed by atoms with Gasteiger partial charge in [0.1, 0.15) is 12.4 Å². The lowest BCUT2D eigenvalue weighted by molar-refractivity contribution is -0.192. The fourth-order valence-electron chi connectivity index (χ4n) is 6.01. The molecule has 5 rings (SSSR count). The molecule has 48 heavy (non-hydrogen) atoms. The summed E-state index contributed by atoms with van der Waals surface area (Å²) in [4.78, 5) is 38.5. The Labute approximate surface area is 273 Å². The Morgan fingerprint density at radius 1 is 1.08 bits per heavy atom. The van der Waals surface area contributed by atoms with Crippen LogP contribution in [0.3, 0.4) is 0 Å². The number of amides is 1. The van der Waals surface area contributed by atoms with Crippen LogP contribution in [0.1, 0.15) is 36.1 Å². The zero-order chi connectivity index (χ0) is 35.2. The molecule has 11 nitrogen and oxygen atoms in total. The van der Waals surface area contributed by atoms with Gasteiger partial charge in [-0.25, -0.2) is 4.79 Å². The number of likely N-dealkylation sites (N-methyl/N-ethyl adjacent to an activating group) is 1. The third-order valence-corrected chi connectivity index (χ3v) is 8.46. The summed E-state index contributed by atoms with van der Waals surface area (Å²) in [6, 6.07) is 7.84. The number of para-hydroxylation sites is 1. The molecule has 2 unspecified atom stereocenters. The number of hydrogen-bond acceptors (Lipinski definition) is 9. The number of carbonyl (C=O) groups excluding carboxylic acids is 1. The lowest BCUT2D eigenvalue weighted by Crippen LogP contribution is -2.55. The number of nitriles is 1. The fraction of sp³-hybridized carbons (Fsp3) is 0.516. The van der Waals surface area contributed by atoms with Gasteiger partial charge in [0.2, 0.25) is 5.91 Å². The van der Waals surface area contributed by atoms with E-state index >= 15 is 0 Å². The summed E-state index contributed by atoms with van der Waals surface area (Å²) in [6.45, 7) is 6.79. The first-order valence-corrected chi connectivity index (χ1v) is 15.1. The Hall–Kier alpha value is -4.59. The minimum atomic E-state index is -5.08. The van der Waals surface area contributed by atoms with Crippen LogP contribution < -0.4 is 14.5 Å². The lowest BCUT2D eigenvalue weighted by atomic mass is 10.0. The number of rotatable bonds is 7. The maximum absolute atomic E-state index is 13.8. The fourth-order valence-corrected chi connectivity index (χ4v) is 6.01. The minimum absolute atomic E-state index is 0.117. The molecule has 0 aliphatic carbocycles. The van der Waals surface area contributed by atoms with Gasteiger partial charge in [-0.2, -0.15) is 41.6 Å². The predicted molar refractivity (Wildman–Crippen MR) is 161 cm³/mol. The number of aliphatic carboxylic acids is 1. The van der Waals surface area contributed by atoms with Crippen molar-refractivity contribution in [3.8, 4) is 12.1 Å². The lowest BCUT2D eigenvalue weighted by Gasteiger charge is -2.42. The van der Waals surface area contributed by atoms with Crippen molar-refractivity contribution < 1.29 is 45.8 Å². The second-order valence-electron chi connectivity index (χ2n) is 11.5. The molecule has 1 amide bonds. The first kappa shape index (κ1) is 36.2. The largest absolute Gasteiger partial charge is 0.490 e. The zero-order valence-corrected chi connectivity index (χ0v) is 26.1. The Balaban J connectivity index is 0.000000671. The van der Waals surface area contributed by atoms with Gasteiger partial charge < -0.3 is 29.4 Å². The molecule has 1 N–H and O–H groups in total. The summed E-state index contributed by atoms with van der Waals surface area (Å²) in [5.41, 5.74) is 0.914. The van der Waals surface area contributed by atoms with E-state index in [9.17, 15) is 36.4 Å². The molecule has 2 aromatic rings. The topological polar surface area (TPSA) is 126 Å². The first-order valence-electron chi connectivity index (χ1n) is 15.1. The van der Waals surface area contributed by atoms with Crippen molar-refractivity contribution in [2.75, 3.05) is 56.2 Å². The van der Waals surface area contributed by atoms with Gasteiger partial charge in [0.05, 0.1) is 36.3 Å². The zero-order valence-electron chi connectivity index (χ0n) is 26.1. The number of likely N-dealkylation sites (tertiary alicyclic amines) is 1. The molecule has 0 saturated carbocycles. The van der Waals surface area contributed by atoms with Gasteiger partial charge in [-0.3, -0.25) is 4.79 Å². The summed E-state index contributed by atoms with van der Waals surface area (Å²) in [5.74, 6) is -2.33. The highest BCUT2D eigenvalue weighted by atomic mass is 19.4. The van der Waals surface area contributed by atoms with E-state index in [1.54, 1.807) is 15.9 Å². The summed E-state index contributed by atoms with van der Waals surface area (Å²) >= 11 is 0. The minimum Gasteiger partial charge on any atom is -0.475 e. The molecule has 0 spiro atoms. The Bertz CT molecular complexity index is 1530. The Morgan fingerprint density at radius 2 is 1.79 bits per heavy atom. The number of carbonyl (C=O) groups is 2. The van der Waals surface area contributed by atoms with Crippen LogP contribution in [0.15, 0.2) is 36.9 Å². The van der Waals surface area contributed by atoms with E-state index in [0.29, 0.717) is 50.7 Å². The number of benzene rings is 1. The van der Waals surface area contributed by atoms with Gasteiger partial charge >= 0.3 is 24.3 Å². The van der Waals surface area contributed by atoms with E-state index in [0.717, 1.165) is 31.0 Å². The number of piperazine rings is 1. The van der Waals surface area contributed by atoms with E-state index < -0.39 is 23.9 Å². The first-order chi connectivity index (χ1) is 22.6. The van der Waals surface area contributed by atoms with Crippen LogP contribution in [0.2, 0.25) is 0 Å². The van der Waals surface area contributed by atoms with Crippen molar-refractivity contribution in [3.05, 3.63) is 53.7 Å². The van der Waals surface area contributed by atoms with E-state index in [-0.39, 0.29) is 42.7 Å². The molecular weight excluding hydrogens is 648 g/mol. The van der Waals surface area contributed by atoms with E-state index in [1.165, 1.54) is 18.2 Å². The standard InChI is InChI=1S/C29H34F3N7O2.C2HF3O2/c1-3-26(40)39-16-15-38(17-20(39)10-12-33)27-22-11-14-37(25-9-5-4-8-23(25)29(30,31)32)18-24(22)34-28(35-27)41-19-21-7-6-13-36(21)2;3-2(4,5)1(6)7/h3-5,8-9,20-21H,1,6-7,10-11,13-19H2,2H3;(H,6,7). The quantitative estimate of drug-likeness (QED) is 0.334. The SMILES string of the molecule is C=CC(=O)N1CCN(c2nc(OCC3CCCN3C)nc3c2CCN(c2ccccc2C(F)(F)F)C3)CC1CC#N.O=C(O)C(F)(F)F. The van der Waals surface area contributed by atoms with Gasteiger partial charge in [0.25, 0.3) is 0 Å². The number of anilines is 2. The van der Waals surface area contributed by atoms with Crippen molar-refractivity contribution in [1.29, 1.82) is 5.26 Å². The molecule has 17 heteroatoms. The summed E-state index contributed by atoms with van der Waals surface area (Å²) < 4.78 is 79.3. The van der Waals surface area contributed by atoms with Crippen molar-refractivity contribution >= 4 is 23.4 Å². The van der Waals surface area contributed by atoms with Crippen LogP contribution >= 0.6 is 0 Å². The molecule has 2 saturated heterocycles. The van der Waals surface area contributed by atoms with Crippen LogP contribution in [-0.4, -0.2) is 101 Å². The highest BCUT2D eigenvalue weighted by Gasteiger charge is 2.39. The van der Waals surface area contributed by atoms with Gasteiger partial charge in [-0.05, 0) is 51.1 Å². The van der Waals surface area contributed by atoms with E-state index in [1.807, 2.05) is 4.90 Å². The van der Waals surface area contributed by atoms with Crippen molar-refractivity contribution in [3.63, 3.8) is 0 Å². The summed E-state index contributed by atoms with van der Waals surface area (Å²) in [5, 5.41) is 16.6. The highest BCUT2D eigenvalue weighted by Crippen LogP contribution is 2.39. The third kappa shape index (κ3) is 8.65. The third-order valence-electron chi connectivity index (χ3n) is 8.46. The van der Waals surface area contributed by atoms with Crippen LogP contribution in [0, 0.1) is 11.3 Å². The molecule has 3 aliphatic heterocycles. The molecule has 2 atom stereocenters. The van der Waals surface area contributed by atoms with E-state index in [4.69, 9.17) is 24.6 Å². The molecule has 0 radical (unpaired) electrons. The number of nitrogens with zero attached hydrogens (tertiary/aromatic N) is 7. The highest BCUT2D eigenvalue weighted by molar-refractivity contribution is 5.87. The number of ether oxygens (including phenoxy) is 1. The van der Waals surface area contributed by atoms with Crippen molar-refractivity contribution in [2.24, 2.45) is 0 Å². The summed E-state index contributed by atoms with van der Waals surface area (Å²) in [6.07, 6.45) is -5.62. The predicted octanol–water partition coefficient (Wildman–Crippen LogP) is 4.28. The smallest absolute Gasteiger partial charge is 0.475 e. The number of carboxylic acid groups (broad SMARTS) is 1. The molecule has 2 fully saturated rings. The van der Waals surface area contributed by atoms with Gasteiger partial charge in [0, 0.05) is 43.5 Å².